The molecule has 5 N–H and O–H groups in total. The van der Waals surface area contributed by atoms with Gasteiger partial charge in [-0.3, -0.25) is 14.9 Å². The zero-order chi connectivity index (χ0) is 13.8. The molecule has 1 aliphatic rings. The lowest BCUT2D eigenvalue weighted by molar-refractivity contribution is -0.117. The summed E-state index contributed by atoms with van der Waals surface area (Å²) in [6, 6.07) is 0.835. The molecule has 1 saturated carbocycles. The molecule has 8 nitrogen and oxygen atoms in total. The van der Waals surface area contributed by atoms with Crippen LogP contribution in [0, 0.1) is 0 Å². The van der Waals surface area contributed by atoms with Crippen LogP contribution in [0.2, 0.25) is 0 Å². The molecule has 1 aliphatic carbocycles. The van der Waals surface area contributed by atoms with Crippen molar-refractivity contribution in [1.82, 2.24) is 20.6 Å². The van der Waals surface area contributed by atoms with Crippen LogP contribution in [0.15, 0.2) is 16.0 Å². The standard InChI is InChI=1S/C10H13N5O3S/c11-6-3-7(16)15-10(13-6)19-4-8(17)14-9(18)12-5-1-2-5/h3,5H,1-2,4H2,(H3,11,13,15,16)(H2,12,14,17,18). The highest BCUT2D eigenvalue weighted by atomic mass is 32.2. The summed E-state index contributed by atoms with van der Waals surface area (Å²) in [5.41, 5.74) is 5.01. The Bertz CT molecular complexity index is 554. The molecule has 0 aliphatic heterocycles. The Morgan fingerprint density at radius 1 is 1.53 bits per heavy atom. The van der Waals surface area contributed by atoms with Gasteiger partial charge in [0.2, 0.25) is 5.91 Å². The van der Waals surface area contributed by atoms with Crippen LogP contribution in [0.1, 0.15) is 12.8 Å². The molecule has 102 valence electrons. The number of rotatable bonds is 4. The molecule has 3 amide bonds. The normalized spacial score (nSPS) is 13.9. The molecule has 0 spiro atoms. The first kappa shape index (κ1) is 13.4. The van der Waals surface area contributed by atoms with Crippen molar-refractivity contribution in [2.24, 2.45) is 0 Å². The molecule has 2 rings (SSSR count). The number of anilines is 1. The fraction of sp³-hybridized carbons (Fsp3) is 0.400. The van der Waals surface area contributed by atoms with Crippen molar-refractivity contribution >= 4 is 29.5 Å². The number of aromatic nitrogens is 2. The molecule has 0 unspecified atom stereocenters. The third kappa shape index (κ3) is 4.62. The second-order valence-corrected chi connectivity index (χ2v) is 5.02. The number of urea groups is 1. The van der Waals surface area contributed by atoms with E-state index < -0.39 is 11.9 Å². The number of amides is 3. The lowest BCUT2D eigenvalue weighted by Gasteiger charge is -2.05. The SMILES string of the molecule is Nc1cc(=O)[nH]c(SCC(=O)NC(=O)NC2CC2)n1. The Labute approximate surface area is 112 Å². The number of imide groups is 1. The molecule has 1 aromatic rings. The number of nitrogens with zero attached hydrogens (tertiary/aromatic N) is 1. The second-order valence-electron chi connectivity index (χ2n) is 4.06. The molecule has 0 radical (unpaired) electrons. The second kappa shape index (κ2) is 5.74. The molecule has 0 atom stereocenters. The van der Waals surface area contributed by atoms with Crippen LogP contribution in [-0.4, -0.2) is 33.7 Å². The van der Waals surface area contributed by atoms with Gasteiger partial charge in [0.1, 0.15) is 5.82 Å². The number of hydrogen-bond acceptors (Lipinski definition) is 6. The van der Waals surface area contributed by atoms with Crippen molar-refractivity contribution in [2.45, 2.75) is 24.0 Å². The zero-order valence-corrected chi connectivity index (χ0v) is 10.8. The minimum Gasteiger partial charge on any atom is -0.383 e. The molecule has 0 saturated heterocycles. The van der Waals surface area contributed by atoms with Crippen LogP contribution in [0.3, 0.4) is 0 Å². The fourth-order valence-corrected chi connectivity index (χ4v) is 1.95. The molecular weight excluding hydrogens is 270 g/mol. The summed E-state index contributed by atoms with van der Waals surface area (Å²) >= 11 is 0.995. The Morgan fingerprint density at radius 3 is 2.89 bits per heavy atom. The minimum absolute atomic E-state index is 0.0372. The lowest BCUT2D eigenvalue weighted by atomic mass is 10.6. The van der Waals surface area contributed by atoms with Gasteiger partial charge in [-0.05, 0) is 12.8 Å². The summed E-state index contributed by atoms with van der Waals surface area (Å²) in [6.07, 6.45) is 1.90. The van der Waals surface area contributed by atoms with E-state index in [1.54, 1.807) is 0 Å². The summed E-state index contributed by atoms with van der Waals surface area (Å²) < 4.78 is 0. The molecule has 1 fully saturated rings. The highest BCUT2D eigenvalue weighted by molar-refractivity contribution is 7.99. The molecule has 1 aromatic heterocycles. The highest BCUT2D eigenvalue weighted by Gasteiger charge is 2.23. The lowest BCUT2D eigenvalue weighted by Crippen LogP contribution is -2.41. The van der Waals surface area contributed by atoms with Gasteiger partial charge >= 0.3 is 6.03 Å². The van der Waals surface area contributed by atoms with E-state index in [4.69, 9.17) is 5.73 Å². The number of aromatic amines is 1. The first-order valence-corrected chi connectivity index (χ1v) is 6.61. The van der Waals surface area contributed by atoms with Gasteiger partial charge in [-0.2, -0.15) is 0 Å². The van der Waals surface area contributed by atoms with E-state index >= 15 is 0 Å². The van der Waals surface area contributed by atoms with Gasteiger partial charge in [0.05, 0.1) is 5.75 Å². The Hall–Kier alpha value is -2.03. The number of hydrogen-bond donors (Lipinski definition) is 4. The molecule has 0 bridgehead atoms. The van der Waals surface area contributed by atoms with Gasteiger partial charge in [-0.25, -0.2) is 9.78 Å². The number of H-pyrrole nitrogens is 1. The van der Waals surface area contributed by atoms with Crippen molar-refractivity contribution in [3.8, 4) is 0 Å². The predicted octanol–water partition coefficient (Wildman–Crippen LogP) is -0.568. The van der Waals surface area contributed by atoms with Crippen LogP contribution < -0.4 is 21.9 Å². The van der Waals surface area contributed by atoms with Crippen molar-refractivity contribution in [1.29, 1.82) is 0 Å². The van der Waals surface area contributed by atoms with Gasteiger partial charge in [0.15, 0.2) is 5.16 Å². The van der Waals surface area contributed by atoms with E-state index in [2.05, 4.69) is 20.6 Å². The fourth-order valence-electron chi connectivity index (χ4n) is 1.27. The van der Waals surface area contributed by atoms with Crippen LogP contribution in [0.5, 0.6) is 0 Å². The van der Waals surface area contributed by atoms with Crippen molar-refractivity contribution in [3.63, 3.8) is 0 Å². The van der Waals surface area contributed by atoms with Crippen LogP contribution in [0.25, 0.3) is 0 Å². The summed E-state index contributed by atoms with van der Waals surface area (Å²) in [4.78, 5) is 40.1. The average molecular weight is 283 g/mol. The van der Waals surface area contributed by atoms with Crippen LogP contribution in [0.4, 0.5) is 10.6 Å². The summed E-state index contributed by atoms with van der Waals surface area (Å²) in [5.74, 6) is -0.420. The van der Waals surface area contributed by atoms with E-state index in [9.17, 15) is 14.4 Å². The van der Waals surface area contributed by atoms with Crippen LogP contribution >= 0.6 is 11.8 Å². The van der Waals surface area contributed by atoms with E-state index in [0.29, 0.717) is 0 Å². The maximum absolute atomic E-state index is 11.5. The monoisotopic (exact) mass is 283 g/mol. The number of carbonyl (C=O) groups excluding carboxylic acids is 2. The third-order valence-corrected chi connectivity index (χ3v) is 3.12. The van der Waals surface area contributed by atoms with E-state index in [-0.39, 0.29) is 28.3 Å². The maximum atomic E-state index is 11.5. The highest BCUT2D eigenvalue weighted by Crippen LogP contribution is 2.18. The topological polar surface area (TPSA) is 130 Å². The Balaban J connectivity index is 1.78. The number of carbonyl (C=O) groups is 2. The van der Waals surface area contributed by atoms with E-state index in [1.165, 1.54) is 0 Å². The molecule has 1 heterocycles. The minimum atomic E-state index is -0.498. The first-order valence-electron chi connectivity index (χ1n) is 5.63. The van der Waals surface area contributed by atoms with Gasteiger partial charge < -0.3 is 16.0 Å². The number of thioether (sulfide) groups is 1. The quantitative estimate of drug-likeness (QED) is 0.432. The van der Waals surface area contributed by atoms with Crippen molar-refractivity contribution < 1.29 is 9.59 Å². The van der Waals surface area contributed by atoms with Gasteiger partial charge in [-0.1, -0.05) is 11.8 Å². The summed E-state index contributed by atoms with van der Waals surface area (Å²) in [5, 5.41) is 5.06. The van der Waals surface area contributed by atoms with Crippen molar-refractivity contribution in [3.05, 3.63) is 16.4 Å². The van der Waals surface area contributed by atoms with Crippen LogP contribution in [-0.2, 0) is 4.79 Å². The molecular formula is C10H13N5O3S. The van der Waals surface area contributed by atoms with Gasteiger partial charge in [0, 0.05) is 12.1 Å². The first-order chi connectivity index (χ1) is 9.02. The third-order valence-electron chi connectivity index (χ3n) is 2.25. The Kier molecular flexibility index (Phi) is 4.05. The summed E-state index contributed by atoms with van der Waals surface area (Å²) in [7, 11) is 0. The van der Waals surface area contributed by atoms with Gasteiger partial charge in [-0.15, -0.1) is 0 Å². The van der Waals surface area contributed by atoms with E-state index in [0.717, 1.165) is 30.7 Å². The maximum Gasteiger partial charge on any atom is 0.321 e. The number of nitrogens with one attached hydrogen (secondary N) is 3. The smallest absolute Gasteiger partial charge is 0.321 e. The predicted molar refractivity (Wildman–Crippen MR) is 69.7 cm³/mol. The Morgan fingerprint density at radius 2 is 2.26 bits per heavy atom. The zero-order valence-electron chi connectivity index (χ0n) is 9.93. The van der Waals surface area contributed by atoms with Crippen molar-refractivity contribution in [2.75, 3.05) is 11.5 Å². The largest absolute Gasteiger partial charge is 0.383 e. The molecule has 19 heavy (non-hydrogen) atoms. The van der Waals surface area contributed by atoms with E-state index in [1.807, 2.05) is 0 Å². The number of nitrogen functional groups attached to an aromatic ring is 1. The van der Waals surface area contributed by atoms with Gasteiger partial charge in [0.25, 0.3) is 5.56 Å². The molecule has 9 heteroatoms. The number of nitrogens with two attached hydrogens (primary N) is 1. The molecule has 0 aromatic carbocycles. The average Bonchev–Trinajstić information content (AvgIpc) is 3.08. The summed E-state index contributed by atoms with van der Waals surface area (Å²) in [6.45, 7) is 0.